The Balaban J connectivity index is 1.57. The maximum absolute atomic E-state index is 13.4. The molecule has 1 heterocycles. The number of hydrogen-bond acceptors (Lipinski definition) is 3. The van der Waals surface area contributed by atoms with Gasteiger partial charge in [-0.15, -0.1) is 0 Å². The molecule has 4 aromatic rings. The third kappa shape index (κ3) is 5.34. The van der Waals surface area contributed by atoms with E-state index in [9.17, 15) is 13.6 Å². The number of benzene rings is 3. The van der Waals surface area contributed by atoms with Crippen LogP contribution in [0.4, 0.5) is 8.78 Å². The van der Waals surface area contributed by atoms with Gasteiger partial charge in [0, 0.05) is 35.2 Å². The van der Waals surface area contributed by atoms with Crippen molar-refractivity contribution in [3.63, 3.8) is 0 Å². The summed E-state index contributed by atoms with van der Waals surface area (Å²) in [6, 6.07) is 16.2. The fourth-order valence-corrected chi connectivity index (χ4v) is 3.80. The Labute approximate surface area is 196 Å². The normalized spacial score (nSPS) is 11.6. The molecule has 0 spiro atoms. The van der Waals surface area contributed by atoms with Gasteiger partial charge in [0.15, 0.2) is 0 Å². The van der Waals surface area contributed by atoms with E-state index in [1.54, 1.807) is 30.5 Å². The van der Waals surface area contributed by atoms with Gasteiger partial charge >= 0.3 is 0 Å². The topological polar surface area (TPSA) is 51.5 Å². The monoisotopic (exact) mass is 461 g/mol. The molecule has 1 N–H and O–H groups in total. The molecule has 3 aromatic carbocycles. The van der Waals surface area contributed by atoms with Crippen LogP contribution in [0.15, 0.2) is 77.4 Å². The van der Waals surface area contributed by atoms with Gasteiger partial charge < -0.3 is 14.5 Å². The molecule has 0 fully saturated rings. The number of furan rings is 1. The van der Waals surface area contributed by atoms with Gasteiger partial charge in [-0.1, -0.05) is 24.3 Å². The van der Waals surface area contributed by atoms with Gasteiger partial charge in [-0.2, -0.15) is 0 Å². The highest BCUT2D eigenvalue weighted by Gasteiger charge is 2.15. The lowest BCUT2D eigenvalue weighted by atomic mass is 9.99. The number of amides is 1. The smallest absolute Gasteiger partial charge is 0.244 e. The van der Waals surface area contributed by atoms with Crippen molar-refractivity contribution >= 4 is 22.4 Å². The zero-order valence-electron chi connectivity index (χ0n) is 19.0. The van der Waals surface area contributed by atoms with Crippen molar-refractivity contribution < 1.29 is 22.7 Å². The molecule has 0 saturated heterocycles. The zero-order chi connectivity index (χ0) is 24.1. The first-order valence-electron chi connectivity index (χ1n) is 11.1. The molecule has 0 aliphatic heterocycles. The fourth-order valence-electron chi connectivity index (χ4n) is 3.80. The summed E-state index contributed by atoms with van der Waals surface area (Å²) in [6.07, 6.45) is 3.77. The Morgan fingerprint density at radius 1 is 1.03 bits per heavy atom. The van der Waals surface area contributed by atoms with Crippen molar-refractivity contribution in [2.75, 3.05) is 13.2 Å². The maximum Gasteiger partial charge on any atom is 0.244 e. The first-order valence-corrected chi connectivity index (χ1v) is 11.1. The average Bonchev–Trinajstić information content (AvgIpc) is 3.23. The summed E-state index contributed by atoms with van der Waals surface area (Å²) < 4.78 is 38.0. The van der Waals surface area contributed by atoms with Gasteiger partial charge in [0.05, 0.1) is 12.9 Å². The van der Waals surface area contributed by atoms with Crippen LogP contribution in [0.5, 0.6) is 5.75 Å². The van der Waals surface area contributed by atoms with Crippen LogP contribution in [-0.4, -0.2) is 19.1 Å². The summed E-state index contributed by atoms with van der Waals surface area (Å²) in [5.74, 6) is -0.204. The van der Waals surface area contributed by atoms with E-state index in [1.807, 2.05) is 26.0 Å². The van der Waals surface area contributed by atoms with Crippen LogP contribution in [0.25, 0.3) is 27.7 Å². The Hall–Kier alpha value is -3.93. The molecule has 0 saturated carbocycles. The summed E-state index contributed by atoms with van der Waals surface area (Å²) in [5.41, 5.74) is 4.75. The number of hydrogen-bond donors (Lipinski definition) is 1. The van der Waals surface area contributed by atoms with E-state index in [0.717, 1.165) is 33.2 Å². The molecule has 0 atom stereocenters. The molecule has 1 aromatic heterocycles. The van der Waals surface area contributed by atoms with Gasteiger partial charge in [-0.3, -0.25) is 4.79 Å². The van der Waals surface area contributed by atoms with E-state index >= 15 is 0 Å². The van der Waals surface area contributed by atoms with Crippen molar-refractivity contribution in [3.05, 3.63) is 95.8 Å². The van der Waals surface area contributed by atoms with Crippen LogP contribution in [-0.2, 0) is 11.2 Å². The first kappa shape index (κ1) is 23.2. The van der Waals surface area contributed by atoms with Crippen LogP contribution in [0.3, 0.4) is 0 Å². The van der Waals surface area contributed by atoms with Gasteiger partial charge in [0.2, 0.25) is 5.91 Å². The van der Waals surface area contributed by atoms with Crippen LogP contribution in [0.2, 0.25) is 0 Å². The number of fused-ring (bicyclic) bond motifs is 1. The van der Waals surface area contributed by atoms with Crippen LogP contribution in [0.1, 0.15) is 25.0 Å². The van der Waals surface area contributed by atoms with Crippen molar-refractivity contribution in [1.82, 2.24) is 5.32 Å². The Kier molecular flexibility index (Phi) is 7.07. The van der Waals surface area contributed by atoms with E-state index in [2.05, 4.69) is 5.32 Å². The number of carbonyl (C=O) groups is 1. The standard InChI is InChI=1S/C28H25F2NO3/c1-3-33-26-16-27-24(25(17-34-27)20-6-10-22(30)11-7-20)15-23(26)18(2)14-28(32)31-13-12-19-4-8-21(29)9-5-19/h4-11,14-17H,3,12-13H2,1-2H3,(H,31,32)/b18-14+. The van der Waals surface area contributed by atoms with Crippen molar-refractivity contribution in [2.45, 2.75) is 20.3 Å². The second kappa shape index (κ2) is 10.3. The predicted molar refractivity (Wildman–Crippen MR) is 130 cm³/mol. The third-order valence-electron chi connectivity index (χ3n) is 5.53. The van der Waals surface area contributed by atoms with Crippen LogP contribution in [0, 0.1) is 11.6 Å². The minimum atomic E-state index is -0.305. The first-order chi connectivity index (χ1) is 16.4. The molecule has 0 aliphatic carbocycles. The molecule has 0 bridgehead atoms. The summed E-state index contributed by atoms with van der Waals surface area (Å²) in [5, 5.41) is 3.71. The number of nitrogens with one attached hydrogen (secondary N) is 1. The van der Waals surface area contributed by atoms with Crippen LogP contribution < -0.4 is 10.1 Å². The number of halogens is 2. The molecule has 0 unspecified atom stereocenters. The van der Waals surface area contributed by atoms with E-state index < -0.39 is 0 Å². The Morgan fingerprint density at radius 3 is 2.38 bits per heavy atom. The minimum absolute atomic E-state index is 0.229. The summed E-state index contributed by atoms with van der Waals surface area (Å²) in [4.78, 5) is 12.5. The molecular formula is C28H25F2NO3. The van der Waals surface area contributed by atoms with E-state index in [-0.39, 0.29) is 17.5 Å². The fraction of sp³-hybridized carbons (Fsp3) is 0.179. The van der Waals surface area contributed by atoms with Gasteiger partial charge in [-0.05, 0) is 67.3 Å². The third-order valence-corrected chi connectivity index (χ3v) is 5.53. The lowest BCUT2D eigenvalue weighted by Crippen LogP contribution is -2.23. The summed E-state index contributed by atoms with van der Waals surface area (Å²) in [6.45, 7) is 4.63. The highest BCUT2D eigenvalue weighted by Crippen LogP contribution is 2.37. The Morgan fingerprint density at radius 2 is 1.71 bits per heavy atom. The average molecular weight is 462 g/mol. The molecule has 174 valence electrons. The molecule has 34 heavy (non-hydrogen) atoms. The number of ether oxygens (including phenoxy) is 1. The molecule has 1 amide bonds. The van der Waals surface area contributed by atoms with Crippen molar-refractivity contribution in [1.29, 1.82) is 0 Å². The highest BCUT2D eigenvalue weighted by molar-refractivity contribution is 6.00. The van der Waals surface area contributed by atoms with E-state index in [1.165, 1.54) is 30.3 Å². The van der Waals surface area contributed by atoms with Crippen molar-refractivity contribution in [2.24, 2.45) is 0 Å². The molecule has 4 rings (SSSR count). The number of rotatable bonds is 8. The molecule has 6 heteroatoms. The van der Waals surface area contributed by atoms with E-state index in [4.69, 9.17) is 9.15 Å². The SMILES string of the molecule is CCOc1cc2occ(-c3ccc(F)cc3)c2cc1/C(C)=C/C(=O)NCCc1ccc(F)cc1. The summed E-state index contributed by atoms with van der Waals surface area (Å²) in [7, 11) is 0. The van der Waals surface area contributed by atoms with Gasteiger partial charge in [0.1, 0.15) is 23.0 Å². The zero-order valence-corrected chi connectivity index (χ0v) is 19.0. The molecule has 0 radical (unpaired) electrons. The van der Waals surface area contributed by atoms with Gasteiger partial charge in [-0.25, -0.2) is 8.78 Å². The molecule has 0 aliphatic rings. The molecular weight excluding hydrogens is 436 g/mol. The quantitative estimate of drug-likeness (QED) is 0.303. The largest absolute Gasteiger partial charge is 0.493 e. The number of allylic oxidation sites excluding steroid dienone is 1. The second-order valence-corrected chi connectivity index (χ2v) is 7.93. The minimum Gasteiger partial charge on any atom is -0.493 e. The lowest BCUT2D eigenvalue weighted by molar-refractivity contribution is -0.116. The van der Waals surface area contributed by atoms with Crippen LogP contribution >= 0.6 is 0 Å². The van der Waals surface area contributed by atoms with Gasteiger partial charge in [0.25, 0.3) is 0 Å². The summed E-state index contributed by atoms with van der Waals surface area (Å²) >= 11 is 0. The Bertz CT molecular complexity index is 1320. The maximum atomic E-state index is 13.4. The molecule has 4 nitrogen and oxygen atoms in total. The van der Waals surface area contributed by atoms with Crippen molar-refractivity contribution in [3.8, 4) is 16.9 Å². The highest BCUT2D eigenvalue weighted by atomic mass is 19.1. The number of carbonyl (C=O) groups excluding carboxylic acids is 1. The van der Waals surface area contributed by atoms with E-state index in [0.29, 0.717) is 30.9 Å². The predicted octanol–water partition coefficient (Wildman–Crippen LogP) is 6.54. The second-order valence-electron chi connectivity index (χ2n) is 7.93. The lowest BCUT2D eigenvalue weighted by Gasteiger charge is -2.12.